The first-order valence-corrected chi connectivity index (χ1v) is 6.34. The van der Waals surface area contributed by atoms with Gasteiger partial charge in [-0.1, -0.05) is 20.3 Å². The van der Waals surface area contributed by atoms with Gasteiger partial charge in [0.05, 0.1) is 13.3 Å². The molecule has 1 N–H and O–H groups in total. The summed E-state index contributed by atoms with van der Waals surface area (Å²) in [5.74, 6) is 0.677. The van der Waals surface area contributed by atoms with Gasteiger partial charge >= 0.3 is 0 Å². The van der Waals surface area contributed by atoms with E-state index >= 15 is 0 Å². The average Bonchev–Trinajstić information content (AvgIpc) is 2.73. The zero-order chi connectivity index (χ0) is 13.1. The van der Waals surface area contributed by atoms with Crippen molar-refractivity contribution in [2.75, 3.05) is 7.11 Å². The summed E-state index contributed by atoms with van der Waals surface area (Å²) in [5.41, 5.74) is -0.0414. The fourth-order valence-electron chi connectivity index (χ4n) is 2.21. The van der Waals surface area contributed by atoms with Gasteiger partial charge in [-0.3, -0.25) is 4.68 Å². The standard InChI is InChI=1S/C13H24N2O2/c1-6-8-13(16,7-2)12-11(17-5)9-14-15(12)10(3)4/h9-10,16H,6-8H2,1-5H3. The highest BCUT2D eigenvalue weighted by molar-refractivity contribution is 5.31. The second kappa shape index (κ2) is 5.54. The SMILES string of the molecule is CCCC(O)(CC)c1c(OC)cnn1C(C)C. The molecule has 1 unspecified atom stereocenters. The van der Waals surface area contributed by atoms with E-state index in [1.807, 2.05) is 11.6 Å². The van der Waals surface area contributed by atoms with Gasteiger partial charge in [-0.15, -0.1) is 0 Å². The Kier molecular flexibility index (Phi) is 4.57. The summed E-state index contributed by atoms with van der Waals surface area (Å²) in [4.78, 5) is 0. The maximum atomic E-state index is 10.8. The number of aliphatic hydroxyl groups is 1. The Morgan fingerprint density at radius 1 is 1.47 bits per heavy atom. The van der Waals surface area contributed by atoms with Crippen molar-refractivity contribution in [3.63, 3.8) is 0 Å². The van der Waals surface area contributed by atoms with E-state index in [2.05, 4.69) is 25.9 Å². The number of hydrogen-bond acceptors (Lipinski definition) is 3. The first kappa shape index (κ1) is 14.0. The summed E-state index contributed by atoms with van der Waals surface area (Å²) in [7, 11) is 1.62. The lowest BCUT2D eigenvalue weighted by molar-refractivity contribution is 0.0104. The number of aromatic nitrogens is 2. The minimum absolute atomic E-state index is 0.212. The number of ether oxygens (including phenoxy) is 1. The molecule has 4 nitrogen and oxygen atoms in total. The van der Waals surface area contributed by atoms with Gasteiger partial charge in [0.2, 0.25) is 0 Å². The molecule has 0 bridgehead atoms. The molecule has 17 heavy (non-hydrogen) atoms. The first-order valence-electron chi connectivity index (χ1n) is 6.34. The van der Waals surface area contributed by atoms with Crippen molar-refractivity contribution >= 4 is 0 Å². The molecule has 1 rings (SSSR count). The Labute approximate surface area is 104 Å². The van der Waals surface area contributed by atoms with E-state index in [-0.39, 0.29) is 6.04 Å². The molecule has 0 aliphatic carbocycles. The number of methoxy groups -OCH3 is 1. The minimum atomic E-state index is -0.846. The molecule has 0 aliphatic heterocycles. The van der Waals surface area contributed by atoms with Crippen LogP contribution in [0, 0.1) is 0 Å². The summed E-state index contributed by atoms with van der Waals surface area (Å²) in [6.07, 6.45) is 4.00. The molecule has 0 radical (unpaired) electrons. The maximum absolute atomic E-state index is 10.8. The summed E-state index contributed by atoms with van der Waals surface area (Å²) < 4.78 is 7.19. The molecule has 4 heteroatoms. The van der Waals surface area contributed by atoms with Crippen molar-refractivity contribution < 1.29 is 9.84 Å². The number of rotatable bonds is 6. The molecular weight excluding hydrogens is 216 g/mol. The lowest BCUT2D eigenvalue weighted by atomic mass is 9.90. The Balaban J connectivity index is 3.28. The molecule has 0 amide bonds. The van der Waals surface area contributed by atoms with Gasteiger partial charge in [-0.05, 0) is 26.7 Å². The number of nitrogens with zero attached hydrogens (tertiary/aromatic N) is 2. The molecule has 0 aliphatic rings. The third-order valence-corrected chi connectivity index (χ3v) is 3.16. The lowest BCUT2D eigenvalue weighted by Crippen LogP contribution is -2.29. The highest BCUT2D eigenvalue weighted by atomic mass is 16.5. The van der Waals surface area contributed by atoms with Gasteiger partial charge in [-0.25, -0.2) is 0 Å². The second-order valence-corrected chi connectivity index (χ2v) is 4.74. The predicted molar refractivity (Wildman–Crippen MR) is 68.3 cm³/mol. The zero-order valence-corrected chi connectivity index (χ0v) is 11.5. The van der Waals surface area contributed by atoms with Crippen LogP contribution < -0.4 is 4.74 Å². The van der Waals surface area contributed by atoms with Gasteiger partial charge in [-0.2, -0.15) is 5.10 Å². The Morgan fingerprint density at radius 3 is 2.53 bits per heavy atom. The van der Waals surface area contributed by atoms with Crippen LogP contribution in [0.25, 0.3) is 0 Å². The highest BCUT2D eigenvalue weighted by Crippen LogP contribution is 2.37. The summed E-state index contributed by atoms with van der Waals surface area (Å²) in [6.45, 7) is 8.17. The van der Waals surface area contributed by atoms with Crippen LogP contribution in [0.4, 0.5) is 0 Å². The Bertz CT molecular complexity index is 360. The normalized spacial score (nSPS) is 15.0. The zero-order valence-electron chi connectivity index (χ0n) is 11.5. The van der Waals surface area contributed by atoms with E-state index in [0.29, 0.717) is 12.2 Å². The molecule has 1 aromatic rings. The molecule has 1 atom stereocenters. The Morgan fingerprint density at radius 2 is 2.12 bits per heavy atom. The largest absolute Gasteiger partial charge is 0.493 e. The summed E-state index contributed by atoms with van der Waals surface area (Å²) in [5, 5.41) is 15.1. The van der Waals surface area contributed by atoms with E-state index in [1.165, 1.54) is 0 Å². The van der Waals surface area contributed by atoms with E-state index in [0.717, 1.165) is 18.5 Å². The van der Waals surface area contributed by atoms with E-state index < -0.39 is 5.60 Å². The molecule has 0 aromatic carbocycles. The van der Waals surface area contributed by atoms with Crippen LogP contribution in [-0.2, 0) is 5.60 Å². The van der Waals surface area contributed by atoms with Crippen molar-refractivity contribution in [2.45, 2.75) is 58.6 Å². The van der Waals surface area contributed by atoms with Crippen LogP contribution in [0.2, 0.25) is 0 Å². The van der Waals surface area contributed by atoms with Gasteiger partial charge in [0.1, 0.15) is 11.3 Å². The molecule has 0 fully saturated rings. The van der Waals surface area contributed by atoms with E-state index in [1.54, 1.807) is 13.3 Å². The van der Waals surface area contributed by atoms with E-state index in [4.69, 9.17) is 4.74 Å². The van der Waals surface area contributed by atoms with Crippen LogP contribution >= 0.6 is 0 Å². The fraction of sp³-hybridized carbons (Fsp3) is 0.769. The van der Waals surface area contributed by atoms with Crippen LogP contribution in [0.15, 0.2) is 6.20 Å². The third kappa shape index (κ3) is 2.63. The van der Waals surface area contributed by atoms with Crippen LogP contribution in [0.3, 0.4) is 0 Å². The van der Waals surface area contributed by atoms with E-state index in [9.17, 15) is 5.11 Å². The van der Waals surface area contributed by atoms with Crippen molar-refractivity contribution in [1.29, 1.82) is 0 Å². The highest BCUT2D eigenvalue weighted by Gasteiger charge is 2.34. The smallest absolute Gasteiger partial charge is 0.162 e. The topological polar surface area (TPSA) is 47.3 Å². The molecule has 1 aromatic heterocycles. The fourth-order valence-corrected chi connectivity index (χ4v) is 2.21. The van der Waals surface area contributed by atoms with Crippen LogP contribution in [0.1, 0.15) is 58.7 Å². The number of hydrogen-bond donors (Lipinski definition) is 1. The predicted octanol–water partition coefficient (Wildman–Crippen LogP) is 2.87. The van der Waals surface area contributed by atoms with Crippen molar-refractivity contribution in [1.82, 2.24) is 9.78 Å². The Hall–Kier alpha value is -1.03. The third-order valence-electron chi connectivity index (χ3n) is 3.16. The summed E-state index contributed by atoms with van der Waals surface area (Å²) >= 11 is 0. The van der Waals surface area contributed by atoms with Crippen molar-refractivity contribution in [3.05, 3.63) is 11.9 Å². The van der Waals surface area contributed by atoms with Crippen LogP contribution in [0.5, 0.6) is 5.75 Å². The van der Waals surface area contributed by atoms with Gasteiger partial charge in [0.15, 0.2) is 5.75 Å². The molecule has 98 valence electrons. The quantitative estimate of drug-likeness (QED) is 0.831. The van der Waals surface area contributed by atoms with Gasteiger partial charge in [0.25, 0.3) is 0 Å². The monoisotopic (exact) mass is 240 g/mol. The first-order chi connectivity index (χ1) is 8.00. The average molecular weight is 240 g/mol. The lowest BCUT2D eigenvalue weighted by Gasteiger charge is -2.29. The van der Waals surface area contributed by atoms with Gasteiger partial charge < -0.3 is 9.84 Å². The molecule has 0 saturated carbocycles. The molecule has 0 saturated heterocycles. The molecular formula is C13H24N2O2. The maximum Gasteiger partial charge on any atom is 0.162 e. The molecule has 0 spiro atoms. The minimum Gasteiger partial charge on any atom is -0.493 e. The van der Waals surface area contributed by atoms with Crippen molar-refractivity contribution in [3.8, 4) is 5.75 Å². The van der Waals surface area contributed by atoms with Crippen LogP contribution in [-0.4, -0.2) is 22.0 Å². The van der Waals surface area contributed by atoms with Crippen molar-refractivity contribution in [2.24, 2.45) is 0 Å². The molecule has 1 heterocycles. The van der Waals surface area contributed by atoms with Gasteiger partial charge in [0, 0.05) is 6.04 Å². The summed E-state index contributed by atoms with van der Waals surface area (Å²) in [6, 6.07) is 0.212. The second-order valence-electron chi connectivity index (χ2n) is 4.74.